The van der Waals surface area contributed by atoms with Crippen molar-refractivity contribution in [2.45, 2.75) is 25.0 Å². The van der Waals surface area contributed by atoms with Crippen LogP contribution < -0.4 is 5.32 Å². The summed E-state index contributed by atoms with van der Waals surface area (Å²) in [7, 11) is 0. The van der Waals surface area contributed by atoms with Gasteiger partial charge in [-0.15, -0.1) is 0 Å². The number of nitro benzene ring substituents is 1. The van der Waals surface area contributed by atoms with E-state index in [9.17, 15) is 24.5 Å². The summed E-state index contributed by atoms with van der Waals surface area (Å²) < 4.78 is 10.7. The molecule has 1 aromatic rings. The zero-order chi connectivity index (χ0) is 19.1. The van der Waals surface area contributed by atoms with Gasteiger partial charge in [0.05, 0.1) is 41.2 Å². The summed E-state index contributed by atoms with van der Waals surface area (Å²) in [6.07, 6.45) is 0.402. The highest BCUT2D eigenvalue weighted by atomic mass is 16.6. The number of anilines is 1. The van der Waals surface area contributed by atoms with Gasteiger partial charge in [0.25, 0.3) is 5.69 Å². The Morgan fingerprint density at radius 3 is 2.56 bits per heavy atom. The molecule has 4 atom stereocenters. The van der Waals surface area contributed by atoms with Crippen LogP contribution in [0.3, 0.4) is 0 Å². The summed E-state index contributed by atoms with van der Waals surface area (Å²) >= 11 is 0. The zero-order valence-corrected chi connectivity index (χ0v) is 14.2. The second-order valence-corrected chi connectivity index (χ2v) is 6.74. The Kier molecular flexibility index (Phi) is 4.27. The Labute approximate surface area is 153 Å². The molecule has 4 unspecified atom stereocenters. The topological polar surface area (TPSA) is 128 Å². The smallest absolute Gasteiger partial charge is 0.411 e. The van der Waals surface area contributed by atoms with E-state index in [0.29, 0.717) is 0 Å². The summed E-state index contributed by atoms with van der Waals surface area (Å²) in [5.74, 6) is -1.34. The quantitative estimate of drug-likeness (QED) is 0.467. The Morgan fingerprint density at radius 1 is 1.26 bits per heavy atom. The molecule has 1 aromatic carbocycles. The first kappa shape index (κ1) is 17.4. The summed E-state index contributed by atoms with van der Waals surface area (Å²) in [6.45, 7) is -0.180. The van der Waals surface area contributed by atoms with Crippen molar-refractivity contribution >= 4 is 29.3 Å². The summed E-state index contributed by atoms with van der Waals surface area (Å²) in [6, 6.07) is 5.42. The Balaban J connectivity index is 1.29. The van der Waals surface area contributed by atoms with Crippen molar-refractivity contribution in [3.8, 4) is 0 Å². The minimum atomic E-state index is -0.821. The number of non-ortho nitro benzene ring substituents is 1. The van der Waals surface area contributed by atoms with Crippen molar-refractivity contribution < 1.29 is 28.8 Å². The second-order valence-electron chi connectivity index (χ2n) is 6.74. The molecule has 3 aliphatic heterocycles. The minimum Gasteiger partial charge on any atom is -0.447 e. The SMILES string of the molecule is O=C(Nc1cccc([N+](=O)[O-])c1)OCCN1C(=O)C2C3CCC(O3)C2C1=O. The largest absolute Gasteiger partial charge is 0.447 e. The maximum atomic E-state index is 12.5. The van der Waals surface area contributed by atoms with Crippen LogP contribution in [0.1, 0.15) is 12.8 Å². The van der Waals surface area contributed by atoms with Crippen LogP contribution in [-0.4, -0.2) is 53.1 Å². The molecule has 0 aromatic heterocycles. The standard InChI is InChI=1S/C17H17N3O7/c21-15-13-11-4-5-12(27-11)14(13)16(22)19(15)6-7-26-17(23)18-9-2-1-3-10(8-9)20(24)25/h1-3,8,11-14H,4-7H2,(H,18,23). The van der Waals surface area contributed by atoms with E-state index in [1.807, 2.05) is 0 Å². The zero-order valence-electron chi connectivity index (χ0n) is 14.2. The van der Waals surface area contributed by atoms with Crippen LogP contribution in [0.4, 0.5) is 16.2 Å². The van der Waals surface area contributed by atoms with E-state index >= 15 is 0 Å². The van der Waals surface area contributed by atoms with Crippen LogP contribution >= 0.6 is 0 Å². The van der Waals surface area contributed by atoms with Crippen molar-refractivity contribution in [3.63, 3.8) is 0 Å². The van der Waals surface area contributed by atoms with Gasteiger partial charge >= 0.3 is 6.09 Å². The first-order chi connectivity index (χ1) is 13.0. The van der Waals surface area contributed by atoms with Crippen LogP contribution in [0.5, 0.6) is 0 Å². The number of amides is 3. The molecule has 10 nitrogen and oxygen atoms in total. The predicted molar refractivity (Wildman–Crippen MR) is 89.7 cm³/mol. The number of benzene rings is 1. The van der Waals surface area contributed by atoms with Gasteiger partial charge in [0.15, 0.2) is 0 Å². The molecule has 2 bridgehead atoms. The van der Waals surface area contributed by atoms with Crippen molar-refractivity contribution in [2.24, 2.45) is 11.8 Å². The third-order valence-electron chi connectivity index (χ3n) is 5.23. The average molecular weight is 375 g/mol. The molecule has 0 saturated carbocycles. The maximum absolute atomic E-state index is 12.5. The van der Waals surface area contributed by atoms with Gasteiger partial charge in [0, 0.05) is 12.1 Å². The molecule has 1 N–H and O–H groups in total. The van der Waals surface area contributed by atoms with Gasteiger partial charge in [-0.1, -0.05) is 6.07 Å². The third-order valence-corrected chi connectivity index (χ3v) is 5.23. The molecule has 3 fully saturated rings. The number of carbonyl (C=O) groups is 3. The van der Waals surface area contributed by atoms with Gasteiger partial charge in [-0.3, -0.25) is 29.9 Å². The Morgan fingerprint density at radius 2 is 1.93 bits per heavy atom. The lowest BCUT2D eigenvalue weighted by Crippen LogP contribution is -2.37. The van der Waals surface area contributed by atoms with E-state index in [1.54, 1.807) is 0 Å². The molecule has 142 valence electrons. The summed E-state index contributed by atoms with van der Waals surface area (Å²) in [5.41, 5.74) is 0.0511. The van der Waals surface area contributed by atoms with E-state index < -0.39 is 22.9 Å². The molecular weight excluding hydrogens is 358 g/mol. The summed E-state index contributed by atoms with van der Waals surface area (Å²) in [4.78, 5) is 48.1. The lowest BCUT2D eigenvalue weighted by molar-refractivity contribution is -0.384. The number of rotatable bonds is 5. The van der Waals surface area contributed by atoms with E-state index in [4.69, 9.17) is 9.47 Å². The molecule has 3 aliphatic rings. The maximum Gasteiger partial charge on any atom is 0.411 e. The number of ether oxygens (including phenoxy) is 2. The van der Waals surface area contributed by atoms with E-state index in [1.165, 1.54) is 24.3 Å². The Hall–Kier alpha value is -3.01. The van der Waals surface area contributed by atoms with E-state index in [-0.39, 0.29) is 48.5 Å². The molecule has 10 heteroatoms. The fraction of sp³-hybridized carbons (Fsp3) is 0.471. The molecule has 3 saturated heterocycles. The van der Waals surface area contributed by atoms with Crippen molar-refractivity contribution in [3.05, 3.63) is 34.4 Å². The van der Waals surface area contributed by atoms with Crippen LogP contribution in [-0.2, 0) is 19.1 Å². The third kappa shape index (κ3) is 3.01. The van der Waals surface area contributed by atoms with Crippen LogP contribution in [0.2, 0.25) is 0 Å². The van der Waals surface area contributed by atoms with Gasteiger partial charge in [-0.2, -0.15) is 0 Å². The number of fused-ring (bicyclic) bond motifs is 5. The van der Waals surface area contributed by atoms with Gasteiger partial charge in [-0.25, -0.2) is 4.79 Å². The van der Waals surface area contributed by atoms with Crippen molar-refractivity contribution in [1.82, 2.24) is 4.90 Å². The number of nitrogens with zero attached hydrogens (tertiary/aromatic N) is 2. The first-order valence-corrected chi connectivity index (χ1v) is 8.64. The first-order valence-electron chi connectivity index (χ1n) is 8.64. The van der Waals surface area contributed by atoms with Crippen molar-refractivity contribution in [2.75, 3.05) is 18.5 Å². The highest BCUT2D eigenvalue weighted by Crippen LogP contribution is 2.48. The number of imide groups is 1. The predicted octanol–water partition coefficient (Wildman–Crippen LogP) is 1.31. The molecular formula is C17H17N3O7. The molecule has 0 aliphatic carbocycles. The Bertz CT molecular complexity index is 798. The van der Waals surface area contributed by atoms with Gasteiger partial charge in [0.1, 0.15) is 6.61 Å². The molecule has 3 heterocycles. The molecule has 0 radical (unpaired) electrons. The number of nitro groups is 1. The molecule has 3 amide bonds. The fourth-order valence-electron chi connectivity index (χ4n) is 4.07. The second kappa shape index (κ2) is 6.62. The lowest BCUT2D eigenvalue weighted by atomic mass is 9.81. The number of likely N-dealkylation sites (tertiary alicyclic amines) is 1. The fourth-order valence-corrected chi connectivity index (χ4v) is 4.07. The van der Waals surface area contributed by atoms with Crippen LogP contribution in [0.25, 0.3) is 0 Å². The van der Waals surface area contributed by atoms with Crippen LogP contribution in [0.15, 0.2) is 24.3 Å². The van der Waals surface area contributed by atoms with Gasteiger partial charge in [0.2, 0.25) is 11.8 Å². The lowest BCUT2D eigenvalue weighted by Gasteiger charge is -2.17. The van der Waals surface area contributed by atoms with E-state index in [2.05, 4.69) is 5.32 Å². The highest BCUT2D eigenvalue weighted by molar-refractivity contribution is 6.06. The molecule has 4 rings (SSSR count). The van der Waals surface area contributed by atoms with Crippen molar-refractivity contribution in [1.29, 1.82) is 0 Å². The normalized spacial score (nSPS) is 28.4. The minimum absolute atomic E-state index is 0.0214. The van der Waals surface area contributed by atoms with Crippen LogP contribution in [0, 0.1) is 22.0 Å². The van der Waals surface area contributed by atoms with Gasteiger partial charge in [-0.05, 0) is 18.9 Å². The monoisotopic (exact) mass is 375 g/mol. The number of carbonyl (C=O) groups excluding carboxylic acids is 3. The van der Waals surface area contributed by atoms with Gasteiger partial charge < -0.3 is 9.47 Å². The number of nitrogens with one attached hydrogen (secondary N) is 1. The summed E-state index contributed by atoms with van der Waals surface area (Å²) in [5, 5.41) is 13.1. The molecule has 0 spiro atoms. The molecule has 27 heavy (non-hydrogen) atoms. The number of hydrogen-bond donors (Lipinski definition) is 1. The highest BCUT2D eigenvalue weighted by Gasteiger charge is 2.62. The van der Waals surface area contributed by atoms with E-state index in [0.717, 1.165) is 17.7 Å². The number of hydrogen-bond acceptors (Lipinski definition) is 7. The average Bonchev–Trinajstić information content (AvgIpc) is 3.31.